The molecule has 0 atom stereocenters. The van der Waals surface area contributed by atoms with Gasteiger partial charge in [-0.25, -0.2) is 47.5 Å². The Labute approximate surface area is 400 Å². The maximum Gasteiger partial charge on any atom is 0.266 e. The number of carbonyl (C=O) groups is 2. The average Bonchev–Trinajstić information content (AvgIpc) is 3.31. The van der Waals surface area contributed by atoms with Gasteiger partial charge >= 0.3 is 0 Å². The highest BCUT2D eigenvalue weighted by Crippen LogP contribution is 2.22. The lowest BCUT2D eigenvalue weighted by atomic mass is 10.1. The zero-order valence-corrected chi connectivity index (χ0v) is 37.8. The van der Waals surface area contributed by atoms with E-state index in [-0.39, 0.29) is 37.3 Å². The van der Waals surface area contributed by atoms with E-state index in [1.807, 2.05) is 18.2 Å². The van der Waals surface area contributed by atoms with E-state index in [1.54, 1.807) is 18.2 Å². The fourth-order valence-electron chi connectivity index (χ4n) is 5.80. The summed E-state index contributed by atoms with van der Waals surface area (Å²) in [5, 5.41) is 7.29. The number of nitrogens with one attached hydrogen (secondary N) is 2. The Kier molecular flexibility index (Phi) is 16.8. The molecule has 4 aromatic heterocycles. The molecule has 0 fully saturated rings. The van der Waals surface area contributed by atoms with Gasteiger partial charge in [0.05, 0.1) is 49.9 Å². The fraction of sp³-hybridized carbons (Fsp3) is 0.0870. The Morgan fingerprint density at radius 1 is 0.642 bits per heavy atom. The Morgan fingerprint density at radius 3 is 1.64 bits per heavy atom. The summed E-state index contributed by atoms with van der Waals surface area (Å²) in [6.45, 7) is -0.152. The molecule has 0 radical (unpaired) electrons. The number of hydrogen-bond donors (Lipinski definition) is 2. The quantitative estimate of drug-likeness (QED) is 0.0715. The minimum absolute atomic E-state index is 0.0175. The van der Waals surface area contributed by atoms with Gasteiger partial charge in [0, 0.05) is 32.3 Å². The number of nitrogens with zero attached hydrogens (tertiary/aromatic N) is 8. The lowest BCUT2D eigenvalue weighted by molar-refractivity contribution is 0.0948. The van der Waals surface area contributed by atoms with Gasteiger partial charge in [-0.15, -0.1) is 6.42 Å². The molecule has 8 rings (SSSR count). The Morgan fingerprint density at radius 2 is 1.13 bits per heavy atom. The van der Waals surface area contributed by atoms with Gasteiger partial charge in [0.25, 0.3) is 22.9 Å². The van der Waals surface area contributed by atoms with E-state index < -0.39 is 46.2 Å². The van der Waals surface area contributed by atoms with Crippen molar-refractivity contribution in [1.82, 2.24) is 49.7 Å². The zero-order chi connectivity index (χ0) is 48.0. The van der Waals surface area contributed by atoms with Crippen molar-refractivity contribution in [1.29, 1.82) is 0 Å². The summed E-state index contributed by atoms with van der Waals surface area (Å²) < 4.78 is 56.0. The zero-order valence-electron chi connectivity index (χ0n) is 34.2. The van der Waals surface area contributed by atoms with E-state index in [9.17, 15) is 36.7 Å². The Balaban J connectivity index is 0.000000186. The molecule has 0 saturated heterocycles. The van der Waals surface area contributed by atoms with Crippen molar-refractivity contribution in [3.8, 4) is 24.2 Å². The van der Waals surface area contributed by atoms with Crippen LogP contribution in [-0.2, 0) is 13.1 Å². The lowest BCUT2D eigenvalue weighted by Crippen LogP contribution is -2.33. The van der Waals surface area contributed by atoms with Gasteiger partial charge in [0.2, 0.25) is 0 Å². The van der Waals surface area contributed by atoms with Crippen molar-refractivity contribution in [2.75, 3.05) is 13.1 Å². The molecular formula is C46H29Cl2F4IN10O4. The van der Waals surface area contributed by atoms with E-state index in [4.69, 9.17) is 29.6 Å². The molecule has 0 unspecified atom stereocenters. The highest BCUT2D eigenvalue weighted by atomic mass is 127. The Hall–Kier alpha value is -7.59. The fourth-order valence-corrected chi connectivity index (χ4v) is 6.68. The normalized spacial score (nSPS) is 10.4. The third-order valence-electron chi connectivity index (χ3n) is 9.02. The first-order chi connectivity index (χ1) is 32.2. The molecular weight excluding hydrogens is 1030 g/mol. The molecule has 4 heterocycles. The van der Waals surface area contributed by atoms with E-state index in [1.165, 1.54) is 37.4 Å². The van der Waals surface area contributed by atoms with Crippen LogP contribution in [0.4, 0.5) is 17.6 Å². The van der Waals surface area contributed by atoms with Crippen LogP contribution in [0.3, 0.4) is 0 Å². The molecule has 0 aliphatic carbocycles. The number of rotatable bonds is 8. The average molecular weight is 1060 g/mol. The maximum absolute atomic E-state index is 13.4. The molecule has 14 nitrogen and oxygen atoms in total. The molecule has 0 spiro atoms. The number of carbonyl (C=O) groups excluding carboxylic acids is 2. The predicted octanol–water partition coefficient (Wildman–Crippen LogP) is 6.77. The van der Waals surface area contributed by atoms with E-state index in [0.717, 1.165) is 60.3 Å². The highest BCUT2D eigenvalue weighted by Gasteiger charge is 2.15. The predicted molar refractivity (Wildman–Crippen MR) is 250 cm³/mol. The topological polar surface area (TPSA) is 180 Å². The van der Waals surface area contributed by atoms with E-state index in [0.29, 0.717) is 37.9 Å². The third-order valence-corrected chi connectivity index (χ3v) is 10.3. The van der Waals surface area contributed by atoms with E-state index in [2.05, 4.69) is 80.9 Å². The standard InChI is InChI=1S/C23H14ClF2N5O2.C15H11F2N3O2.C8H4ClIN2/c24-21-16-8-14(4-6-20(16)29-12-30-21)2-1-7-28-22(32)17-10-27-13-31(23(17)33)11-15-3-5-18(25)19(26)9-15;1-2-5-19-14(21)11-7-18-9-20(15(11)22)8-10-3-4-12(16)13(17)6-10;9-8-6-3-5(10)1-2-7(6)11-4-12-8/h3-6,8-10,12-13H,7,11H2,(H,28,32);1,3-4,6-7,9H,5,8H2,(H,19,21);1-4H. The van der Waals surface area contributed by atoms with Crippen LogP contribution < -0.4 is 21.8 Å². The number of hydrogen-bond acceptors (Lipinski definition) is 10. The maximum atomic E-state index is 13.4. The molecule has 8 aromatic rings. The molecule has 0 bridgehead atoms. The first-order valence-corrected chi connectivity index (χ1v) is 21.0. The van der Waals surface area contributed by atoms with Gasteiger partial charge in [-0.3, -0.25) is 28.3 Å². The molecule has 2 amide bonds. The van der Waals surface area contributed by atoms with Crippen molar-refractivity contribution >= 4 is 79.4 Å². The molecule has 0 aliphatic rings. The van der Waals surface area contributed by atoms with Gasteiger partial charge in [-0.2, -0.15) is 0 Å². The van der Waals surface area contributed by atoms with Crippen LogP contribution in [0, 0.1) is 51.0 Å². The van der Waals surface area contributed by atoms with Gasteiger partial charge in [0.15, 0.2) is 23.3 Å². The number of benzene rings is 4. The number of aromatic nitrogens is 8. The van der Waals surface area contributed by atoms with Gasteiger partial charge in [-0.05, 0) is 94.4 Å². The van der Waals surface area contributed by atoms with E-state index >= 15 is 0 Å². The number of terminal acetylenes is 1. The molecule has 67 heavy (non-hydrogen) atoms. The molecule has 336 valence electrons. The third kappa shape index (κ3) is 13.0. The largest absolute Gasteiger partial charge is 0.341 e. The smallest absolute Gasteiger partial charge is 0.266 e. The van der Waals surface area contributed by atoms with Crippen LogP contribution in [0.2, 0.25) is 10.3 Å². The van der Waals surface area contributed by atoms with Crippen LogP contribution in [0.15, 0.2) is 120 Å². The number of amides is 2. The Bertz CT molecular complexity index is 3400. The summed E-state index contributed by atoms with van der Waals surface area (Å²) in [6, 6.07) is 17.7. The number of halogens is 7. The highest BCUT2D eigenvalue weighted by molar-refractivity contribution is 14.1. The van der Waals surface area contributed by atoms with Crippen molar-refractivity contribution in [3.63, 3.8) is 0 Å². The summed E-state index contributed by atoms with van der Waals surface area (Å²) in [5.41, 5.74) is 1.34. The molecule has 0 saturated carbocycles. The SMILES string of the molecule is C#CCNC(=O)c1cncn(Cc2ccc(F)c(F)c2)c1=O.Clc1ncnc2ccc(I)cc12.O=C(NCC#Cc1ccc2ncnc(Cl)c2c1)c1cncn(Cc2ccc(F)c(F)c2)c1=O. The second kappa shape index (κ2) is 23.0. The summed E-state index contributed by atoms with van der Waals surface area (Å²) in [4.78, 5) is 72.7. The second-order valence-electron chi connectivity index (χ2n) is 13.6. The molecule has 4 aromatic carbocycles. The van der Waals surface area contributed by atoms with Gasteiger partial charge in [-0.1, -0.05) is 53.1 Å². The minimum atomic E-state index is -1.03. The summed E-state index contributed by atoms with van der Waals surface area (Å²) in [6.07, 6.45) is 12.5. The minimum Gasteiger partial charge on any atom is -0.341 e. The monoisotopic (exact) mass is 1060 g/mol. The van der Waals surface area contributed by atoms with Crippen molar-refractivity contribution in [2.45, 2.75) is 13.1 Å². The van der Waals surface area contributed by atoms with Crippen LogP contribution in [0.5, 0.6) is 0 Å². The lowest BCUT2D eigenvalue weighted by Gasteiger charge is -2.08. The summed E-state index contributed by atoms with van der Waals surface area (Å²) >= 11 is 14.2. The summed E-state index contributed by atoms with van der Waals surface area (Å²) in [5.74, 6) is 2.61. The number of fused-ring (bicyclic) bond motifs is 2. The molecule has 0 aliphatic heterocycles. The summed E-state index contributed by atoms with van der Waals surface area (Å²) in [7, 11) is 0. The first kappa shape index (κ1) is 48.9. The first-order valence-electron chi connectivity index (χ1n) is 19.1. The molecule has 2 N–H and O–H groups in total. The molecule has 21 heteroatoms. The van der Waals surface area contributed by atoms with Gasteiger partial charge in [0.1, 0.15) is 34.1 Å². The van der Waals surface area contributed by atoms with Crippen LogP contribution in [0.25, 0.3) is 21.8 Å². The van der Waals surface area contributed by atoms with Gasteiger partial charge < -0.3 is 10.6 Å². The van der Waals surface area contributed by atoms with Crippen molar-refractivity contribution < 1.29 is 27.2 Å². The van der Waals surface area contributed by atoms with Crippen molar-refractivity contribution in [3.05, 3.63) is 196 Å². The van der Waals surface area contributed by atoms with Crippen LogP contribution >= 0.6 is 45.8 Å². The van der Waals surface area contributed by atoms with Crippen molar-refractivity contribution in [2.24, 2.45) is 0 Å². The van der Waals surface area contributed by atoms with Crippen LogP contribution in [-0.4, -0.2) is 63.9 Å². The van der Waals surface area contributed by atoms with Crippen LogP contribution in [0.1, 0.15) is 37.4 Å². The second-order valence-corrected chi connectivity index (χ2v) is 15.5.